The van der Waals surface area contributed by atoms with Gasteiger partial charge in [-0.15, -0.1) is 0 Å². The Balaban J connectivity index is 2.07. The lowest BCUT2D eigenvalue weighted by atomic mass is 9.91. The first-order valence-electron chi connectivity index (χ1n) is 6.76. The van der Waals surface area contributed by atoms with Crippen LogP contribution in [0.1, 0.15) is 31.2 Å². The molecule has 0 aliphatic carbocycles. The minimum absolute atomic E-state index is 0.145. The van der Waals surface area contributed by atoms with Gasteiger partial charge in [0, 0.05) is 32.3 Å². The Kier molecular flexibility index (Phi) is 5.00. The van der Waals surface area contributed by atoms with E-state index in [0.29, 0.717) is 19.8 Å². The number of aliphatic hydroxyl groups excluding tert-OH is 1. The molecule has 0 bridgehead atoms. The molecule has 0 saturated carbocycles. The molecule has 1 aromatic heterocycles. The van der Waals surface area contributed by atoms with E-state index < -0.39 is 0 Å². The topological polar surface area (TPSA) is 59.3 Å². The minimum Gasteiger partial charge on any atom is -0.394 e. The van der Waals surface area contributed by atoms with E-state index in [1.54, 1.807) is 0 Å². The lowest BCUT2D eigenvalue weighted by Crippen LogP contribution is -2.52. The molecule has 108 valence electrons. The molecule has 2 rings (SSSR count). The molecule has 0 amide bonds. The largest absolute Gasteiger partial charge is 0.394 e. The van der Waals surface area contributed by atoms with Crippen molar-refractivity contribution in [3.8, 4) is 0 Å². The molecule has 1 aliphatic rings. The van der Waals surface area contributed by atoms with Gasteiger partial charge in [-0.05, 0) is 35.2 Å². The van der Waals surface area contributed by atoms with Gasteiger partial charge < -0.3 is 15.2 Å². The van der Waals surface area contributed by atoms with E-state index >= 15 is 0 Å². The van der Waals surface area contributed by atoms with E-state index in [9.17, 15) is 5.11 Å². The fourth-order valence-corrected chi connectivity index (χ4v) is 3.19. The highest BCUT2D eigenvalue weighted by Crippen LogP contribution is 2.24. The first kappa shape index (κ1) is 15.0. The van der Waals surface area contributed by atoms with Crippen LogP contribution in [0.4, 0.5) is 0 Å². The fourth-order valence-electron chi connectivity index (χ4n) is 2.44. The van der Waals surface area contributed by atoms with Crippen LogP contribution in [0, 0.1) is 0 Å². The highest BCUT2D eigenvalue weighted by atomic mass is 79.9. The molecule has 5 nitrogen and oxygen atoms in total. The highest BCUT2D eigenvalue weighted by molar-refractivity contribution is 9.10. The Morgan fingerprint density at radius 2 is 2.16 bits per heavy atom. The monoisotopic (exact) mass is 331 g/mol. The van der Waals surface area contributed by atoms with Crippen molar-refractivity contribution in [1.82, 2.24) is 15.1 Å². The zero-order chi connectivity index (χ0) is 13.9. The molecular weight excluding hydrogens is 310 g/mol. The summed E-state index contributed by atoms with van der Waals surface area (Å²) in [7, 11) is 1.95. The van der Waals surface area contributed by atoms with Crippen molar-refractivity contribution in [3.05, 3.63) is 15.9 Å². The number of aryl methyl sites for hydroxylation is 2. The lowest BCUT2D eigenvalue weighted by molar-refractivity contribution is 0.0109. The normalized spacial score (nSPS) is 18.7. The van der Waals surface area contributed by atoms with Crippen molar-refractivity contribution in [2.24, 2.45) is 7.05 Å². The molecule has 0 atom stereocenters. The third kappa shape index (κ3) is 3.18. The first-order chi connectivity index (χ1) is 9.12. The second-order valence-electron chi connectivity index (χ2n) is 5.09. The van der Waals surface area contributed by atoms with Gasteiger partial charge in [-0.2, -0.15) is 5.10 Å². The molecule has 1 aromatic rings. The standard InChI is InChI=1S/C13H22BrN3O2/c1-3-10-12(14)11(17(2)16-10)8-15-13(9-18)4-6-19-7-5-13/h15,18H,3-9H2,1-2H3. The number of halogens is 1. The SMILES string of the molecule is CCc1nn(C)c(CNC2(CO)CCOCC2)c1Br. The van der Waals surface area contributed by atoms with Crippen LogP contribution < -0.4 is 5.32 Å². The summed E-state index contributed by atoms with van der Waals surface area (Å²) in [5.41, 5.74) is 1.98. The summed E-state index contributed by atoms with van der Waals surface area (Å²) in [6.45, 7) is 4.36. The molecule has 0 radical (unpaired) electrons. The quantitative estimate of drug-likeness (QED) is 0.855. The van der Waals surface area contributed by atoms with Crippen LogP contribution in [0.2, 0.25) is 0 Å². The summed E-state index contributed by atoms with van der Waals surface area (Å²) in [4.78, 5) is 0. The summed E-state index contributed by atoms with van der Waals surface area (Å²) in [6.07, 6.45) is 2.60. The number of ether oxygens (including phenoxy) is 1. The zero-order valence-corrected chi connectivity index (χ0v) is 13.2. The van der Waals surface area contributed by atoms with E-state index in [1.165, 1.54) is 0 Å². The molecule has 1 aliphatic heterocycles. The van der Waals surface area contributed by atoms with Crippen molar-refractivity contribution in [2.45, 2.75) is 38.3 Å². The Bertz CT molecular complexity index is 428. The minimum atomic E-state index is -0.214. The third-order valence-electron chi connectivity index (χ3n) is 3.89. The smallest absolute Gasteiger partial charge is 0.0767 e. The van der Waals surface area contributed by atoms with E-state index in [4.69, 9.17) is 4.74 Å². The summed E-state index contributed by atoms with van der Waals surface area (Å²) < 4.78 is 8.35. The van der Waals surface area contributed by atoms with Gasteiger partial charge in [0.2, 0.25) is 0 Å². The molecule has 0 unspecified atom stereocenters. The second kappa shape index (κ2) is 6.35. The number of aromatic nitrogens is 2. The van der Waals surface area contributed by atoms with Gasteiger partial charge in [0.05, 0.1) is 22.5 Å². The van der Waals surface area contributed by atoms with Crippen LogP contribution in [-0.4, -0.2) is 40.2 Å². The van der Waals surface area contributed by atoms with E-state index in [1.807, 2.05) is 11.7 Å². The van der Waals surface area contributed by atoms with Crippen molar-refractivity contribution >= 4 is 15.9 Å². The average Bonchev–Trinajstić information content (AvgIpc) is 2.72. The number of nitrogens with zero attached hydrogens (tertiary/aromatic N) is 2. The summed E-state index contributed by atoms with van der Waals surface area (Å²) in [6, 6.07) is 0. The van der Waals surface area contributed by atoms with Crippen molar-refractivity contribution in [3.63, 3.8) is 0 Å². The summed E-state index contributed by atoms with van der Waals surface area (Å²) >= 11 is 3.62. The van der Waals surface area contributed by atoms with Crippen LogP contribution in [0.15, 0.2) is 4.47 Å². The molecule has 1 fully saturated rings. The van der Waals surface area contributed by atoms with E-state index in [0.717, 1.165) is 35.1 Å². The summed E-state index contributed by atoms with van der Waals surface area (Å²) in [5.74, 6) is 0. The van der Waals surface area contributed by atoms with Gasteiger partial charge in [-0.1, -0.05) is 6.92 Å². The number of hydrogen-bond donors (Lipinski definition) is 2. The van der Waals surface area contributed by atoms with Crippen LogP contribution in [-0.2, 0) is 24.8 Å². The van der Waals surface area contributed by atoms with Gasteiger partial charge in [0.1, 0.15) is 0 Å². The number of rotatable bonds is 5. The molecule has 0 aromatic carbocycles. The average molecular weight is 332 g/mol. The van der Waals surface area contributed by atoms with Gasteiger partial charge >= 0.3 is 0 Å². The molecule has 1 saturated heterocycles. The van der Waals surface area contributed by atoms with Gasteiger partial charge in [-0.25, -0.2) is 0 Å². The van der Waals surface area contributed by atoms with Crippen LogP contribution in [0.25, 0.3) is 0 Å². The molecule has 0 spiro atoms. The van der Waals surface area contributed by atoms with Crippen LogP contribution in [0.5, 0.6) is 0 Å². The Morgan fingerprint density at radius 3 is 2.68 bits per heavy atom. The molecule has 19 heavy (non-hydrogen) atoms. The predicted octanol–water partition coefficient (Wildman–Crippen LogP) is 1.38. The van der Waals surface area contributed by atoms with Gasteiger partial charge in [-0.3, -0.25) is 4.68 Å². The fraction of sp³-hybridized carbons (Fsp3) is 0.769. The van der Waals surface area contributed by atoms with E-state index in [-0.39, 0.29) is 12.1 Å². The predicted molar refractivity (Wildman–Crippen MR) is 77.0 cm³/mol. The Labute approximate surface area is 122 Å². The maximum atomic E-state index is 9.66. The second-order valence-corrected chi connectivity index (χ2v) is 5.88. The molecule has 2 heterocycles. The molecular formula is C13H22BrN3O2. The van der Waals surface area contributed by atoms with Gasteiger partial charge in [0.25, 0.3) is 0 Å². The number of aliphatic hydroxyl groups is 1. The summed E-state index contributed by atoms with van der Waals surface area (Å²) in [5, 5.41) is 17.6. The third-order valence-corrected chi connectivity index (χ3v) is 4.80. The van der Waals surface area contributed by atoms with Crippen LogP contribution in [0.3, 0.4) is 0 Å². The number of nitrogens with one attached hydrogen (secondary N) is 1. The zero-order valence-electron chi connectivity index (χ0n) is 11.6. The van der Waals surface area contributed by atoms with Crippen molar-refractivity contribution < 1.29 is 9.84 Å². The number of hydrogen-bond acceptors (Lipinski definition) is 4. The van der Waals surface area contributed by atoms with Crippen molar-refractivity contribution in [1.29, 1.82) is 0 Å². The maximum Gasteiger partial charge on any atom is 0.0767 e. The van der Waals surface area contributed by atoms with E-state index in [2.05, 4.69) is 33.3 Å². The Morgan fingerprint density at radius 1 is 1.47 bits per heavy atom. The first-order valence-corrected chi connectivity index (χ1v) is 7.55. The Hall–Kier alpha value is -0.430. The molecule has 6 heteroatoms. The highest BCUT2D eigenvalue weighted by Gasteiger charge is 2.31. The van der Waals surface area contributed by atoms with Crippen LogP contribution >= 0.6 is 15.9 Å². The maximum absolute atomic E-state index is 9.66. The molecule has 2 N–H and O–H groups in total. The lowest BCUT2D eigenvalue weighted by Gasteiger charge is -2.36. The van der Waals surface area contributed by atoms with Crippen molar-refractivity contribution in [2.75, 3.05) is 19.8 Å². The van der Waals surface area contributed by atoms with Gasteiger partial charge in [0.15, 0.2) is 0 Å².